The molecular weight excluding hydrogens is 308 g/mol. The summed E-state index contributed by atoms with van der Waals surface area (Å²) in [4.78, 5) is 17.0. The van der Waals surface area contributed by atoms with Crippen LogP contribution in [0.1, 0.15) is 16.8 Å². The molecule has 2 atom stereocenters. The molecule has 24 heavy (non-hydrogen) atoms. The second-order valence-corrected chi connectivity index (χ2v) is 6.31. The fourth-order valence-corrected chi connectivity index (χ4v) is 3.45. The first-order valence-electron chi connectivity index (χ1n) is 8.48. The van der Waals surface area contributed by atoms with Gasteiger partial charge in [0, 0.05) is 45.1 Å². The Morgan fingerprint density at radius 3 is 2.54 bits per heavy atom. The Morgan fingerprint density at radius 2 is 1.92 bits per heavy atom. The summed E-state index contributed by atoms with van der Waals surface area (Å²) >= 11 is 0. The molecule has 0 aliphatic carbocycles. The highest BCUT2D eigenvalue weighted by atomic mass is 16.5. The lowest BCUT2D eigenvalue weighted by atomic mass is 10.1. The van der Waals surface area contributed by atoms with Crippen LogP contribution in [0.3, 0.4) is 0 Å². The number of morpholine rings is 1. The van der Waals surface area contributed by atoms with Crippen LogP contribution in [-0.2, 0) is 14.2 Å². The van der Waals surface area contributed by atoms with Gasteiger partial charge in [-0.2, -0.15) is 0 Å². The Hall–Kier alpha value is -1.63. The number of carbonyl (C=O) groups excluding carboxylic acids is 1. The predicted molar refractivity (Wildman–Crippen MR) is 91.6 cm³/mol. The number of likely N-dealkylation sites (tertiary alicyclic amines) is 1. The zero-order chi connectivity index (χ0) is 16.9. The molecule has 0 unspecified atom stereocenters. The van der Waals surface area contributed by atoms with Crippen LogP contribution in [0.15, 0.2) is 24.3 Å². The molecule has 0 saturated carbocycles. The van der Waals surface area contributed by atoms with Gasteiger partial charge in [-0.1, -0.05) is 0 Å². The minimum absolute atomic E-state index is 0.0464. The quantitative estimate of drug-likeness (QED) is 0.815. The molecule has 0 radical (unpaired) electrons. The van der Waals surface area contributed by atoms with Crippen molar-refractivity contribution in [3.8, 4) is 0 Å². The van der Waals surface area contributed by atoms with Crippen LogP contribution in [0.4, 0.5) is 5.69 Å². The average molecular weight is 334 g/mol. The molecule has 2 heterocycles. The third-order valence-electron chi connectivity index (χ3n) is 4.82. The van der Waals surface area contributed by atoms with Crippen molar-refractivity contribution < 1.29 is 19.0 Å². The normalized spacial score (nSPS) is 24.4. The van der Waals surface area contributed by atoms with Gasteiger partial charge in [-0.05, 0) is 30.7 Å². The van der Waals surface area contributed by atoms with Gasteiger partial charge in [0.2, 0.25) is 0 Å². The number of rotatable bonds is 5. The van der Waals surface area contributed by atoms with E-state index in [9.17, 15) is 4.79 Å². The maximum atomic E-state index is 12.9. The highest BCUT2D eigenvalue weighted by Gasteiger charge is 2.35. The predicted octanol–water partition coefficient (Wildman–Crippen LogP) is 1.40. The molecule has 1 aromatic carbocycles. The first kappa shape index (κ1) is 17.2. The van der Waals surface area contributed by atoms with Crippen molar-refractivity contribution in [1.82, 2.24) is 4.90 Å². The Labute approximate surface area is 143 Å². The third-order valence-corrected chi connectivity index (χ3v) is 4.82. The van der Waals surface area contributed by atoms with Gasteiger partial charge in [0.05, 0.1) is 32.0 Å². The van der Waals surface area contributed by atoms with E-state index in [1.54, 1.807) is 14.2 Å². The molecule has 0 spiro atoms. The molecule has 0 aromatic heterocycles. The summed E-state index contributed by atoms with van der Waals surface area (Å²) in [7, 11) is 3.36. The van der Waals surface area contributed by atoms with Gasteiger partial charge in [0.25, 0.3) is 5.91 Å². The molecule has 2 aliphatic heterocycles. The number of benzene rings is 1. The van der Waals surface area contributed by atoms with Crippen LogP contribution in [0, 0.1) is 0 Å². The third kappa shape index (κ3) is 3.71. The van der Waals surface area contributed by atoms with Crippen LogP contribution in [-0.4, -0.2) is 76.6 Å². The van der Waals surface area contributed by atoms with Gasteiger partial charge in [0.1, 0.15) is 0 Å². The average Bonchev–Trinajstić information content (AvgIpc) is 3.05. The molecule has 6 nitrogen and oxygen atoms in total. The molecule has 132 valence electrons. The Kier molecular flexibility index (Phi) is 5.71. The molecule has 2 aliphatic rings. The minimum atomic E-state index is 0.0464. The van der Waals surface area contributed by atoms with Crippen molar-refractivity contribution in [3.05, 3.63) is 29.8 Å². The van der Waals surface area contributed by atoms with Crippen molar-refractivity contribution >= 4 is 11.6 Å². The maximum Gasteiger partial charge on any atom is 0.254 e. The van der Waals surface area contributed by atoms with E-state index in [1.807, 2.05) is 29.2 Å². The van der Waals surface area contributed by atoms with Crippen molar-refractivity contribution in [2.24, 2.45) is 0 Å². The van der Waals surface area contributed by atoms with E-state index in [1.165, 1.54) is 0 Å². The summed E-state index contributed by atoms with van der Waals surface area (Å²) in [5.41, 5.74) is 1.85. The second-order valence-electron chi connectivity index (χ2n) is 6.31. The molecule has 6 heteroatoms. The largest absolute Gasteiger partial charge is 0.383 e. The Morgan fingerprint density at radius 1 is 1.21 bits per heavy atom. The van der Waals surface area contributed by atoms with E-state index in [4.69, 9.17) is 14.2 Å². The number of amides is 1. The van der Waals surface area contributed by atoms with E-state index in [0.29, 0.717) is 18.7 Å². The zero-order valence-electron chi connectivity index (χ0n) is 14.4. The number of anilines is 1. The molecule has 1 amide bonds. The summed E-state index contributed by atoms with van der Waals surface area (Å²) in [5.74, 6) is 0.0464. The highest BCUT2D eigenvalue weighted by molar-refractivity contribution is 5.95. The standard InChI is InChI=1S/C18H26N2O4/c1-22-13-16-11-17(23-2)12-20(16)18(21)14-3-5-15(6-4-14)19-7-9-24-10-8-19/h3-6,16-17H,7-13H2,1-2H3/t16-,17+/m0/s1. The van der Waals surface area contributed by atoms with E-state index < -0.39 is 0 Å². The number of hydrogen-bond donors (Lipinski definition) is 0. The minimum Gasteiger partial charge on any atom is -0.383 e. The van der Waals surface area contributed by atoms with Crippen LogP contribution in [0.5, 0.6) is 0 Å². The molecule has 0 bridgehead atoms. The molecule has 2 saturated heterocycles. The van der Waals surface area contributed by atoms with Crippen LogP contribution < -0.4 is 4.90 Å². The Bertz CT molecular complexity index is 542. The maximum absolute atomic E-state index is 12.9. The van der Waals surface area contributed by atoms with Crippen molar-refractivity contribution in [3.63, 3.8) is 0 Å². The molecule has 3 rings (SSSR count). The van der Waals surface area contributed by atoms with E-state index in [0.717, 1.165) is 38.4 Å². The lowest BCUT2D eigenvalue weighted by molar-refractivity contribution is 0.0612. The van der Waals surface area contributed by atoms with Gasteiger partial charge in [-0.3, -0.25) is 4.79 Å². The van der Waals surface area contributed by atoms with Crippen molar-refractivity contribution in [2.75, 3.05) is 58.6 Å². The van der Waals surface area contributed by atoms with E-state index in [-0.39, 0.29) is 18.1 Å². The van der Waals surface area contributed by atoms with Gasteiger partial charge in [0.15, 0.2) is 0 Å². The fraction of sp³-hybridized carbons (Fsp3) is 0.611. The number of methoxy groups -OCH3 is 2. The fourth-order valence-electron chi connectivity index (χ4n) is 3.45. The summed E-state index contributed by atoms with van der Waals surface area (Å²) in [5, 5.41) is 0. The topological polar surface area (TPSA) is 51.2 Å². The van der Waals surface area contributed by atoms with Crippen molar-refractivity contribution in [2.45, 2.75) is 18.6 Å². The molecular formula is C18H26N2O4. The second kappa shape index (κ2) is 7.96. The summed E-state index contributed by atoms with van der Waals surface area (Å²) in [6.45, 7) is 4.46. The van der Waals surface area contributed by atoms with Gasteiger partial charge in [-0.25, -0.2) is 0 Å². The first-order chi connectivity index (χ1) is 11.7. The van der Waals surface area contributed by atoms with Gasteiger partial charge in [-0.15, -0.1) is 0 Å². The van der Waals surface area contributed by atoms with Crippen LogP contribution in [0.2, 0.25) is 0 Å². The summed E-state index contributed by atoms with van der Waals surface area (Å²) in [6.07, 6.45) is 0.906. The SMILES string of the molecule is COC[C@@H]1C[C@@H](OC)CN1C(=O)c1ccc(N2CCOCC2)cc1. The van der Waals surface area contributed by atoms with Crippen LogP contribution in [0.25, 0.3) is 0 Å². The molecule has 1 aromatic rings. The lowest BCUT2D eigenvalue weighted by Gasteiger charge is -2.29. The van der Waals surface area contributed by atoms with Gasteiger partial charge >= 0.3 is 0 Å². The number of ether oxygens (including phenoxy) is 3. The summed E-state index contributed by atoms with van der Waals surface area (Å²) in [6, 6.07) is 7.95. The first-order valence-corrected chi connectivity index (χ1v) is 8.48. The summed E-state index contributed by atoms with van der Waals surface area (Å²) < 4.78 is 16.1. The monoisotopic (exact) mass is 334 g/mol. The molecule has 2 fully saturated rings. The van der Waals surface area contributed by atoms with E-state index in [2.05, 4.69) is 4.90 Å². The Balaban J connectivity index is 1.69. The highest BCUT2D eigenvalue weighted by Crippen LogP contribution is 2.24. The van der Waals surface area contributed by atoms with E-state index >= 15 is 0 Å². The smallest absolute Gasteiger partial charge is 0.254 e. The van der Waals surface area contributed by atoms with Gasteiger partial charge < -0.3 is 24.0 Å². The number of carbonyl (C=O) groups is 1. The molecule has 0 N–H and O–H groups in total. The lowest BCUT2D eigenvalue weighted by Crippen LogP contribution is -2.38. The zero-order valence-corrected chi connectivity index (χ0v) is 14.4. The number of nitrogens with zero attached hydrogens (tertiary/aromatic N) is 2. The van der Waals surface area contributed by atoms with Crippen LogP contribution >= 0.6 is 0 Å². The van der Waals surface area contributed by atoms with Crippen molar-refractivity contribution in [1.29, 1.82) is 0 Å². The number of hydrogen-bond acceptors (Lipinski definition) is 5.